The summed E-state index contributed by atoms with van der Waals surface area (Å²) in [4.78, 5) is 27.6. The summed E-state index contributed by atoms with van der Waals surface area (Å²) in [5.41, 5.74) is 4.00. The van der Waals surface area contributed by atoms with Crippen molar-refractivity contribution in [3.05, 3.63) is 102 Å². The summed E-state index contributed by atoms with van der Waals surface area (Å²) in [6.45, 7) is 7.96. The van der Waals surface area contributed by atoms with Gasteiger partial charge in [-0.1, -0.05) is 72.8 Å². The van der Waals surface area contributed by atoms with E-state index in [1.54, 1.807) is 30.0 Å². The van der Waals surface area contributed by atoms with Gasteiger partial charge in [0, 0.05) is 18.3 Å². The first-order valence-corrected chi connectivity index (χ1v) is 10.6. The highest BCUT2D eigenvalue weighted by Crippen LogP contribution is 2.37. The second-order valence-electron chi connectivity index (χ2n) is 8.07. The predicted octanol–water partition coefficient (Wildman–Crippen LogP) is 5.15. The number of carbonyl (C=O) groups excluding carboxylic acids is 2. The molecule has 0 spiro atoms. The number of amides is 2. The number of benzene rings is 3. The Morgan fingerprint density at radius 3 is 2.19 bits per heavy atom. The van der Waals surface area contributed by atoms with E-state index < -0.39 is 12.0 Å². The van der Waals surface area contributed by atoms with Crippen LogP contribution in [0.15, 0.2) is 91.0 Å². The Morgan fingerprint density at radius 1 is 1.03 bits per heavy atom. The molecule has 3 aromatic rings. The molecule has 4 rings (SSSR count). The third-order valence-corrected chi connectivity index (χ3v) is 5.39. The lowest BCUT2D eigenvalue weighted by molar-refractivity contribution is -0.125. The number of nitrogens with zero attached hydrogens (tertiary/aromatic N) is 1. The molecule has 1 aliphatic rings. The average Bonchev–Trinajstić information content (AvgIpc) is 2.78. The molecule has 3 aromatic carbocycles. The van der Waals surface area contributed by atoms with E-state index in [0.29, 0.717) is 23.7 Å². The third-order valence-electron chi connectivity index (χ3n) is 5.39. The Balaban J connectivity index is 1.63. The summed E-state index contributed by atoms with van der Waals surface area (Å²) >= 11 is 0. The molecule has 162 valence electrons. The summed E-state index contributed by atoms with van der Waals surface area (Å²) in [6, 6.07) is 24.8. The molecule has 2 amide bonds. The van der Waals surface area contributed by atoms with Crippen molar-refractivity contribution in [3.8, 4) is 5.75 Å². The van der Waals surface area contributed by atoms with Crippen molar-refractivity contribution >= 4 is 23.2 Å². The Hall–Kier alpha value is -3.86. The van der Waals surface area contributed by atoms with Crippen molar-refractivity contribution in [2.45, 2.75) is 25.9 Å². The number of ether oxygens (including phenoxy) is 1. The fourth-order valence-corrected chi connectivity index (χ4v) is 3.92. The van der Waals surface area contributed by atoms with Gasteiger partial charge in [-0.2, -0.15) is 0 Å². The molecule has 1 N–H and O–H groups in total. The Bertz CT molecular complexity index is 1100. The molecule has 1 aliphatic heterocycles. The van der Waals surface area contributed by atoms with Crippen LogP contribution in [0.2, 0.25) is 0 Å². The van der Waals surface area contributed by atoms with Gasteiger partial charge >= 0.3 is 0 Å². The molecule has 0 radical (unpaired) electrons. The second-order valence-corrected chi connectivity index (χ2v) is 8.07. The van der Waals surface area contributed by atoms with Crippen molar-refractivity contribution < 1.29 is 14.3 Å². The molecule has 0 aliphatic carbocycles. The first-order valence-electron chi connectivity index (χ1n) is 10.6. The molecule has 1 unspecified atom stereocenters. The fraction of sp³-hybridized carbons (Fsp3) is 0.185. The normalized spacial score (nSPS) is 15.2. The lowest BCUT2D eigenvalue weighted by atomic mass is 9.90. The number of rotatable bonds is 6. The largest absolute Gasteiger partial charge is 0.479 e. The van der Waals surface area contributed by atoms with Crippen LogP contribution >= 0.6 is 0 Å². The first-order chi connectivity index (χ1) is 15.4. The molecular weight excluding hydrogens is 400 g/mol. The SMILES string of the molecule is C=C(C)CN1C(=O)C(C)Oc2cc(NC(=O)C(c3ccccc3)c3ccccc3)ccc21. The van der Waals surface area contributed by atoms with E-state index in [9.17, 15) is 9.59 Å². The van der Waals surface area contributed by atoms with Gasteiger partial charge in [0.15, 0.2) is 6.10 Å². The number of anilines is 2. The first kappa shape index (κ1) is 21.4. The Labute approximate surface area is 188 Å². The summed E-state index contributed by atoms with van der Waals surface area (Å²) < 4.78 is 5.84. The summed E-state index contributed by atoms with van der Waals surface area (Å²) in [7, 11) is 0. The molecular formula is C27H26N2O3. The van der Waals surface area contributed by atoms with Crippen molar-refractivity contribution in [1.29, 1.82) is 0 Å². The second kappa shape index (κ2) is 9.10. The summed E-state index contributed by atoms with van der Waals surface area (Å²) in [6.07, 6.45) is -0.603. The lowest BCUT2D eigenvalue weighted by Gasteiger charge is -2.33. The number of hydrogen-bond acceptors (Lipinski definition) is 3. The molecule has 32 heavy (non-hydrogen) atoms. The van der Waals surface area contributed by atoms with Gasteiger partial charge in [0.2, 0.25) is 5.91 Å². The van der Waals surface area contributed by atoms with Gasteiger partial charge in [0.1, 0.15) is 5.75 Å². The van der Waals surface area contributed by atoms with E-state index in [0.717, 1.165) is 16.7 Å². The fourth-order valence-electron chi connectivity index (χ4n) is 3.92. The van der Waals surface area contributed by atoms with Crippen LogP contribution in [0.25, 0.3) is 0 Å². The Kier molecular flexibility index (Phi) is 6.08. The number of fused-ring (bicyclic) bond motifs is 1. The van der Waals surface area contributed by atoms with Crippen LogP contribution in [0, 0.1) is 0 Å². The highest BCUT2D eigenvalue weighted by Gasteiger charge is 2.32. The molecule has 5 heteroatoms. The highest BCUT2D eigenvalue weighted by atomic mass is 16.5. The van der Waals surface area contributed by atoms with E-state index in [1.165, 1.54) is 0 Å². The van der Waals surface area contributed by atoms with Gasteiger partial charge in [0.05, 0.1) is 11.6 Å². The maximum Gasteiger partial charge on any atom is 0.268 e. The van der Waals surface area contributed by atoms with Crippen molar-refractivity contribution in [2.24, 2.45) is 0 Å². The molecule has 0 fully saturated rings. The summed E-state index contributed by atoms with van der Waals surface area (Å²) in [5, 5.41) is 3.03. The zero-order chi connectivity index (χ0) is 22.7. The van der Waals surface area contributed by atoms with Gasteiger partial charge < -0.3 is 15.0 Å². The van der Waals surface area contributed by atoms with Crippen LogP contribution in [0.5, 0.6) is 5.75 Å². The number of nitrogens with one attached hydrogen (secondary N) is 1. The molecule has 1 heterocycles. The van der Waals surface area contributed by atoms with Crippen LogP contribution in [-0.2, 0) is 9.59 Å². The quantitative estimate of drug-likeness (QED) is 0.555. The Morgan fingerprint density at radius 2 is 1.62 bits per heavy atom. The molecule has 0 saturated carbocycles. The van der Waals surface area contributed by atoms with E-state index >= 15 is 0 Å². The monoisotopic (exact) mass is 426 g/mol. The zero-order valence-electron chi connectivity index (χ0n) is 18.2. The average molecular weight is 427 g/mol. The number of carbonyl (C=O) groups is 2. The van der Waals surface area contributed by atoms with Crippen LogP contribution < -0.4 is 15.0 Å². The molecule has 5 nitrogen and oxygen atoms in total. The lowest BCUT2D eigenvalue weighted by Crippen LogP contribution is -2.45. The van der Waals surface area contributed by atoms with E-state index in [4.69, 9.17) is 4.74 Å². The van der Waals surface area contributed by atoms with Crippen LogP contribution in [0.1, 0.15) is 30.9 Å². The van der Waals surface area contributed by atoms with Gasteiger partial charge in [-0.05, 0) is 37.1 Å². The van der Waals surface area contributed by atoms with E-state index in [1.807, 2.05) is 67.6 Å². The smallest absolute Gasteiger partial charge is 0.268 e. The topological polar surface area (TPSA) is 58.6 Å². The molecule has 0 saturated heterocycles. The van der Waals surface area contributed by atoms with Gasteiger partial charge in [-0.3, -0.25) is 9.59 Å². The minimum absolute atomic E-state index is 0.106. The van der Waals surface area contributed by atoms with E-state index in [2.05, 4.69) is 11.9 Å². The van der Waals surface area contributed by atoms with Gasteiger partial charge in [-0.15, -0.1) is 0 Å². The maximum atomic E-state index is 13.4. The maximum absolute atomic E-state index is 13.4. The van der Waals surface area contributed by atoms with Crippen LogP contribution in [0.4, 0.5) is 11.4 Å². The van der Waals surface area contributed by atoms with Crippen molar-refractivity contribution in [1.82, 2.24) is 0 Å². The van der Waals surface area contributed by atoms with Crippen LogP contribution in [-0.4, -0.2) is 24.5 Å². The predicted molar refractivity (Wildman–Crippen MR) is 127 cm³/mol. The third kappa shape index (κ3) is 4.42. The minimum atomic E-state index is -0.603. The van der Waals surface area contributed by atoms with Crippen molar-refractivity contribution in [2.75, 3.05) is 16.8 Å². The molecule has 1 atom stereocenters. The molecule has 0 bridgehead atoms. The molecule has 0 aromatic heterocycles. The van der Waals surface area contributed by atoms with Gasteiger partial charge in [-0.25, -0.2) is 0 Å². The standard InChI is InChI=1S/C27H26N2O3/c1-18(2)17-29-23-15-14-22(16-24(23)32-19(3)27(29)31)28-26(30)25(20-10-6-4-7-11-20)21-12-8-5-9-13-21/h4-16,19,25H,1,17H2,2-3H3,(H,28,30). The highest BCUT2D eigenvalue weighted by molar-refractivity contribution is 6.02. The zero-order valence-corrected chi connectivity index (χ0v) is 18.2. The minimum Gasteiger partial charge on any atom is -0.479 e. The number of hydrogen-bond donors (Lipinski definition) is 1. The summed E-state index contributed by atoms with van der Waals surface area (Å²) in [5.74, 6) is -0.131. The van der Waals surface area contributed by atoms with E-state index in [-0.39, 0.29) is 11.8 Å². The van der Waals surface area contributed by atoms with Crippen LogP contribution in [0.3, 0.4) is 0 Å². The van der Waals surface area contributed by atoms with Crippen molar-refractivity contribution in [3.63, 3.8) is 0 Å². The van der Waals surface area contributed by atoms with Gasteiger partial charge in [0.25, 0.3) is 5.91 Å².